The minimum Gasteiger partial charge on any atom is -0.458 e. The molecule has 4 nitrogen and oxygen atoms in total. The second kappa shape index (κ2) is 6.30. The molecule has 0 spiro atoms. The summed E-state index contributed by atoms with van der Waals surface area (Å²) in [5, 5.41) is 20.5. The van der Waals surface area contributed by atoms with Crippen LogP contribution in [-0.2, 0) is 9.53 Å². The smallest absolute Gasteiger partial charge is 0.334 e. The molecule has 0 aromatic carbocycles. The number of hydrogen-bond donors (Lipinski definition) is 2. The lowest BCUT2D eigenvalue weighted by molar-refractivity contribution is -0.152. The van der Waals surface area contributed by atoms with E-state index in [0.717, 1.165) is 44.1 Å². The van der Waals surface area contributed by atoms with Crippen molar-refractivity contribution in [2.75, 3.05) is 13.2 Å². The molecule has 1 aliphatic heterocycles. The molecule has 5 atom stereocenters. The molecule has 1 heterocycles. The van der Waals surface area contributed by atoms with Gasteiger partial charge in [0.15, 0.2) is 0 Å². The van der Waals surface area contributed by atoms with Crippen molar-refractivity contribution in [2.24, 2.45) is 22.7 Å². The predicted molar refractivity (Wildman–Crippen MR) is 92.2 cm³/mol. The quantitative estimate of drug-likeness (QED) is 0.613. The lowest BCUT2D eigenvalue weighted by Gasteiger charge is -2.60. The lowest BCUT2D eigenvalue weighted by atomic mass is 9.46. The summed E-state index contributed by atoms with van der Waals surface area (Å²) in [7, 11) is 0. The Morgan fingerprint density at radius 1 is 1.38 bits per heavy atom. The molecule has 0 radical (unpaired) electrons. The molecule has 2 fully saturated rings. The maximum absolute atomic E-state index is 11.7. The number of allylic oxidation sites excluding steroid dienone is 1. The maximum Gasteiger partial charge on any atom is 0.334 e. The van der Waals surface area contributed by atoms with Crippen LogP contribution in [0.25, 0.3) is 0 Å². The molecule has 24 heavy (non-hydrogen) atoms. The Kier molecular flexibility index (Phi) is 4.65. The fourth-order valence-electron chi connectivity index (χ4n) is 5.63. The summed E-state index contributed by atoms with van der Waals surface area (Å²) in [6.45, 7) is 9.07. The van der Waals surface area contributed by atoms with E-state index in [1.54, 1.807) is 0 Å². The molecule has 2 saturated carbocycles. The highest BCUT2D eigenvalue weighted by Gasteiger charge is 2.57. The normalized spacial score (nSPS) is 42.5. The molecule has 0 aromatic heterocycles. The van der Waals surface area contributed by atoms with E-state index in [4.69, 9.17) is 4.74 Å². The topological polar surface area (TPSA) is 66.8 Å². The van der Waals surface area contributed by atoms with Gasteiger partial charge in [-0.05, 0) is 61.9 Å². The minimum absolute atomic E-state index is 0.0189. The first kappa shape index (κ1) is 17.7. The van der Waals surface area contributed by atoms with Crippen LogP contribution in [0.2, 0.25) is 0 Å². The largest absolute Gasteiger partial charge is 0.458 e. The Hall–Kier alpha value is -1.13. The van der Waals surface area contributed by atoms with Crippen molar-refractivity contribution in [1.29, 1.82) is 0 Å². The number of hydrogen-bond acceptors (Lipinski definition) is 4. The van der Waals surface area contributed by atoms with Crippen LogP contribution < -0.4 is 0 Å². The van der Waals surface area contributed by atoms with Crippen LogP contribution in [0.15, 0.2) is 23.8 Å². The Bertz CT molecular complexity index is 566. The second-order valence-electron chi connectivity index (χ2n) is 8.39. The minimum atomic E-state index is -0.447. The number of carbonyl (C=O) groups excluding carboxylic acids is 1. The molecule has 0 bridgehead atoms. The van der Waals surface area contributed by atoms with Crippen LogP contribution in [0.1, 0.15) is 52.4 Å². The van der Waals surface area contributed by atoms with Crippen LogP contribution in [-0.4, -0.2) is 35.5 Å². The van der Waals surface area contributed by atoms with Gasteiger partial charge in [0, 0.05) is 11.0 Å². The zero-order valence-electron chi connectivity index (χ0n) is 14.9. The molecule has 4 heteroatoms. The number of rotatable bonds is 4. The average Bonchev–Trinajstić information content (AvgIpc) is 2.96. The summed E-state index contributed by atoms with van der Waals surface area (Å²) in [4.78, 5) is 11.7. The van der Waals surface area contributed by atoms with Gasteiger partial charge in [0.25, 0.3) is 0 Å². The maximum atomic E-state index is 11.7. The molecule has 0 saturated heterocycles. The van der Waals surface area contributed by atoms with Crippen LogP contribution in [0.3, 0.4) is 0 Å². The van der Waals surface area contributed by atoms with Crippen LogP contribution in [0.4, 0.5) is 0 Å². The number of aliphatic hydroxyl groups is 2. The highest BCUT2D eigenvalue weighted by Crippen LogP contribution is 2.61. The monoisotopic (exact) mass is 334 g/mol. The predicted octanol–water partition coefficient (Wildman–Crippen LogP) is 2.99. The van der Waals surface area contributed by atoms with Gasteiger partial charge in [0.1, 0.15) is 6.61 Å². The van der Waals surface area contributed by atoms with Gasteiger partial charge in [-0.1, -0.05) is 26.0 Å². The number of fused-ring (bicyclic) bond motifs is 1. The summed E-state index contributed by atoms with van der Waals surface area (Å²) in [5.74, 6) is 0.417. The van der Waals surface area contributed by atoms with Crippen molar-refractivity contribution in [1.82, 2.24) is 0 Å². The molecular weight excluding hydrogens is 304 g/mol. The lowest BCUT2D eigenvalue weighted by Crippen LogP contribution is -2.57. The standard InChI is InChI=1S/C20H30O4/c1-13-4-7-16-19(2,10-8-17(22)20(16,3)12-21)15(13)6-5-14-9-11-24-18(14)23/h9,15-17,21-22H,1,4-8,10-12H2,2-3H3/t15-,16+,17+,19-,20-/m0/s1. The van der Waals surface area contributed by atoms with E-state index in [1.165, 1.54) is 5.57 Å². The summed E-state index contributed by atoms with van der Waals surface area (Å²) in [6, 6.07) is 0. The molecule has 3 aliphatic rings. The zero-order valence-corrected chi connectivity index (χ0v) is 14.9. The summed E-state index contributed by atoms with van der Waals surface area (Å²) >= 11 is 0. The van der Waals surface area contributed by atoms with Crippen molar-refractivity contribution < 1.29 is 19.7 Å². The van der Waals surface area contributed by atoms with Crippen LogP contribution in [0.5, 0.6) is 0 Å². The van der Waals surface area contributed by atoms with E-state index < -0.39 is 11.5 Å². The van der Waals surface area contributed by atoms with Crippen molar-refractivity contribution in [2.45, 2.75) is 58.5 Å². The highest BCUT2D eigenvalue weighted by atomic mass is 16.5. The van der Waals surface area contributed by atoms with Crippen LogP contribution in [0, 0.1) is 22.7 Å². The number of ether oxygens (including phenoxy) is 1. The van der Waals surface area contributed by atoms with Crippen molar-refractivity contribution in [3.8, 4) is 0 Å². The Morgan fingerprint density at radius 3 is 2.75 bits per heavy atom. The third kappa shape index (κ3) is 2.64. The molecule has 2 aliphatic carbocycles. The number of esters is 1. The summed E-state index contributed by atoms with van der Waals surface area (Å²) in [6.07, 6.45) is 6.64. The SMILES string of the molecule is C=C1CC[C@H]2[C@](C)(CO)[C@H](O)CC[C@@]2(C)[C@H]1CCC1=CCOC1=O. The van der Waals surface area contributed by atoms with E-state index in [1.807, 2.05) is 13.0 Å². The molecule has 0 unspecified atom stereocenters. The van der Waals surface area contributed by atoms with E-state index in [0.29, 0.717) is 12.5 Å². The number of aliphatic hydroxyl groups excluding tert-OH is 2. The third-order valence-corrected chi connectivity index (χ3v) is 7.20. The van der Waals surface area contributed by atoms with E-state index in [-0.39, 0.29) is 23.9 Å². The van der Waals surface area contributed by atoms with E-state index >= 15 is 0 Å². The molecule has 0 aromatic rings. The molecule has 3 rings (SSSR count). The zero-order chi connectivity index (χ0) is 17.5. The molecule has 0 amide bonds. The van der Waals surface area contributed by atoms with Gasteiger partial charge in [-0.3, -0.25) is 0 Å². The van der Waals surface area contributed by atoms with Crippen LogP contribution >= 0.6 is 0 Å². The fourth-order valence-corrected chi connectivity index (χ4v) is 5.63. The third-order valence-electron chi connectivity index (χ3n) is 7.20. The van der Waals surface area contributed by atoms with Gasteiger partial charge in [0.05, 0.1) is 12.7 Å². The van der Waals surface area contributed by atoms with Crippen molar-refractivity contribution in [3.05, 3.63) is 23.8 Å². The number of cyclic esters (lactones) is 1. The van der Waals surface area contributed by atoms with Gasteiger partial charge in [0.2, 0.25) is 0 Å². The first-order valence-electron chi connectivity index (χ1n) is 9.15. The van der Waals surface area contributed by atoms with E-state index in [2.05, 4.69) is 13.5 Å². The van der Waals surface area contributed by atoms with Gasteiger partial charge in [-0.25, -0.2) is 4.79 Å². The summed E-state index contributed by atoms with van der Waals surface area (Å²) < 4.78 is 5.01. The Morgan fingerprint density at radius 2 is 2.12 bits per heavy atom. The summed E-state index contributed by atoms with van der Waals surface area (Å²) in [5.41, 5.74) is 1.62. The first-order valence-corrected chi connectivity index (χ1v) is 9.15. The fraction of sp³-hybridized carbons (Fsp3) is 0.750. The Labute approximate surface area is 144 Å². The average molecular weight is 334 g/mol. The second-order valence-corrected chi connectivity index (χ2v) is 8.39. The highest BCUT2D eigenvalue weighted by molar-refractivity contribution is 5.90. The molecule has 2 N–H and O–H groups in total. The van der Waals surface area contributed by atoms with Crippen molar-refractivity contribution >= 4 is 5.97 Å². The Balaban J connectivity index is 1.83. The molecular formula is C20H30O4. The van der Waals surface area contributed by atoms with Gasteiger partial charge >= 0.3 is 5.97 Å². The van der Waals surface area contributed by atoms with Gasteiger partial charge < -0.3 is 14.9 Å². The first-order chi connectivity index (χ1) is 11.3. The van der Waals surface area contributed by atoms with Crippen molar-refractivity contribution in [3.63, 3.8) is 0 Å². The number of carbonyl (C=O) groups is 1. The van der Waals surface area contributed by atoms with Gasteiger partial charge in [-0.15, -0.1) is 0 Å². The van der Waals surface area contributed by atoms with E-state index in [9.17, 15) is 15.0 Å². The molecule has 134 valence electrons. The van der Waals surface area contributed by atoms with Gasteiger partial charge in [-0.2, -0.15) is 0 Å².